The summed E-state index contributed by atoms with van der Waals surface area (Å²) in [5.41, 5.74) is 6.89. The van der Waals surface area contributed by atoms with Crippen LogP contribution in [0.5, 0.6) is 0 Å². The normalized spacial score (nSPS) is 11.4. The molecule has 3 aromatic carbocycles. The average Bonchev–Trinajstić information content (AvgIpc) is 3.14. The van der Waals surface area contributed by atoms with Crippen LogP contribution in [0.3, 0.4) is 0 Å². The highest BCUT2D eigenvalue weighted by molar-refractivity contribution is 6.07. The highest BCUT2D eigenvalue weighted by atomic mass is 16.1. The molecule has 5 rings (SSSR count). The summed E-state index contributed by atoms with van der Waals surface area (Å²) in [4.78, 5) is 16.9. The Morgan fingerprint density at radius 1 is 0.821 bits per heavy atom. The number of benzene rings is 3. The summed E-state index contributed by atoms with van der Waals surface area (Å²) in [7, 11) is 1.85. The van der Waals surface area contributed by atoms with Gasteiger partial charge in [-0.05, 0) is 30.7 Å². The molecule has 3 heteroatoms. The van der Waals surface area contributed by atoms with E-state index in [4.69, 9.17) is 0 Å². The number of aromatic amines is 1. The van der Waals surface area contributed by atoms with Crippen molar-refractivity contribution in [3.8, 4) is 22.3 Å². The lowest BCUT2D eigenvalue weighted by Crippen LogP contribution is -2.20. The first-order valence-electron chi connectivity index (χ1n) is 9.40. The molecule has 2 aromatic heterocycles. The van der Waals surface area contributed by atoms with Gasteiger partial charge >= 0.3 is 0 Å². The van der Waals surface area contributed by atoms with E-state index < -0.39 is 0 Å². The fourth-order valence-electron chi connectivity index (χ4n) is 4.09. The number of aryl methyl sites for hydroxylation is 2. The lowest BCUT2D eigenvalue weighted by molar-refractivity contribution is 0.910. The first-order valence-corrected chi connectivity index (χ1v) is 9.40. The molecule has 0 aliphatic rings. The zero-order valence-electron chi connectivity index (χ0n) is 15.9. The van der Waals surface area contributed by atoms with E-state index in [2.05, 4.69) is 48.3 Å². The first-order chi connectivity index (χ1) is 13.6. The number of rotatable bonds is 2. The van der Waals surface area contributed by atoms with E-state index in [1.807, 2.05) is 49.6 Å². The second-order valence-corrected chi connectivity index (χ2v) is 7.25. The lowest BCUT2D eigenvalue weighted by atomic mass is 9.91. The van der Waals surface area contributed by atoms with Crippen LogP contribution in [0.2, 0.25) is 0 Å². The number of para-hydroxylation sites is 1. The van der Waals surface area contributed by atoms with Crippen LogP contribution in [-0.2, 0) is 7.05 Å². The van der Waals surface area contributed by atoms with Crippen LogP contribution >= 0.6 is 0 Å². The zero-order valence-corrected chi connectivity index (χ0v) is 15.9. The maximum Gasteiger partial charge on any atom is 0.259 e. The number of fused-ring (bicyclic) bond motifs is 2. The largest absolute Gasteiger partial charge is 0.361 e. The van der Waals surface area contributed by atoms with Crippen LogP contribution in [0.4, 0.5) is 0 Å². The highest BCUT2D eigenvalue weighted by Gasteiger charge is 2.20. The van der Waals surface area contributed by atoms with Gasteiger partial charge in [0.1, 0.15) is 0 Å². The maximum atomic E-state index is 13.6. The zero-order chi connectivity index (χ0) is 19.3. The fraction of sp³-hybridized carbons (Fsp3) is 0.0800. The van der Waals surface area contributed by atoms with E-state index in [9.17, 15) is 4.79 Å². The molecule has 5 aromatic rings. The van der Waals surface area contributed by atoms with Crippen molar-refractivity contribution in [1.82, 2.24) is 9.55 Å². The summed E-state index contributed by atoms with van der Waals surface area (Å²) in [5.74, 6) is 0. The Labute approximate surface area is 162 Å². The van der Waals surface area contributed by atoms with E-state index >= 15 is 0 Å². The molecule has 2 heterocycles. The first kappa shape index (κ1) is 16.6. The van der Waals surface area contributed by atoms with Crippen LogP contribution in [-0.4, -0.2) is 9.55 Å². The molecular weight excluding hydrogens is 344 g/mol. The molecule has 1 N–H and O–H groups in total. The van der Waals surface area contributed by atoms with Crippen LogP contribution in [0.15, 0.2) is 83.8 Å². The van der Waals surface area contributed by atoms with Crippen molar-refractivity contribution in [2.45, 2.75) is 6.92 Å². The second-order valence-electron chi connectivity index (χ2n) is 7.25. The molecule has 0 saturated heterocycles. The number of hydrogen-bond donors (Lipinski definition) is 1. The van der Waals surface area contributed by atoms with Gasteiger partial charge in [0, 0.05) is 40.7 Å². The van der Waals surface area contributed by atoms with Crippen LogP contribution in [0.25, 0.3) is 44.1 Å². The molecule has 0 unspecified atom stereocenters. The van der Waals surface area contributed by atoms with Crippen molar-refractivity contribution in [3.05, 3.63) is 94.9 Å². The van der Waals surface area contributed by atoms with Gasteiger partial charge in [-0.25, -0.2) is 0 Å². The third-order valence-electron chi connectivity index (χ3n) is 5.47. The van der Waals surface area contributed by atoms with Crippen LogP contribution in [0, 0.1) is 6.92 Å². The van der Waals surface area contributed by atoms with E-state index in [0.29, 0.717) is 0 Å². The predicted molar refractivity (Wildman–Crippen MR) is 117 cm³/mol. The Bertz CT molecular complexity index is 1390. The number of nitrogens with zero attached hydrogens (tertiary/aromatic N) is 1. The Kier molecular flexibility index (Phi) is 3.69. The minimum absolute atomic E-state index is 0.0139. The molecule has 0 atom stereocenters. The van der Waals surface area contributed by atoms with E-state index in [1.54, 1.807) is 4.57 Å². The molecule has 0 amide bonds. The number of H-pyrrole nitrogens is 1. The van der Waals surface area contributed by atoms with Crippen molar-refractivity contribution in [2.75, 3.05) is 0 Å². The third kappa shape index (κ3) is 2.40. The molecule has 3 nitrogen and oxygen atoms in total. The Morgan fingerprint density at radius 2 is 1.57 bits per heavy atom. The van der Waals surface area contributed by atoms with E-state index in [0.717, 1.165) is 44.1 Å². The number of aromatic nitrogens is 2. The Morgan fingerprint density at radius 3 is 2.39 bits per heavy atom. The molecule has 0 fully saturated rings. The molecule has 0 saturated carbocycles. The second kappa shape index (κ2) is 6.24. The lowest BCUT2D eigenvalue weighted by Gasteiger charge is -2.16. The summed E-state index contributed by atoms with van der Waals surface area (Å²) < 4.78 is 1.76. The topological polar surface area (TPSA) is 37.8 Å². The average molecular weight is 364 g/mol. The van der Waals surface area contributed by atoms with Gasteiger partial charge in [-0.1, -0.05) is 60.2 Å². The van der Waals surface area contributed by atoms with Crippen molar-refractivity contribution in [1.29, 1.82) is 0 Å². The van der Waals surface area contributed by atoms with Crippen LogP contribution < -0.4 is 5.56 Å². The van der Waals surface area contributed by atoms with Gasteiger partial charge in [-0.2, -0.15) is 0 Å². The number of hydrogen-bond acceptors (Lipinski definition) is 1. The van der Waals surface area contributed by atoms with Crippen molar-refractivity contribution in [2.24, 2.45) is 7.05 Å². The van der Waals surface area contributed by atoms with Gasteiger partial charge in [0.05, 0.1) is 11.1 Å². The molecule has 0 aliphatic carbocycles. The van der Waals surface area contributed by atoms with Gasteiger partial charge in [0.25, 0.3) is 5.56 Å². The molecule has 0 bridgehead atoms. The highest BCUT2D eigenvalue weighted by Crippen LogP contribution is 2.38. The van der Waals surface area contributed by atoms with Gasteiger partial charge in [-0.3, -0.25) is 4.79 Å². The molecule has 0 spiro atoms. The third-order valence-corrected chi connectivity index (χ3v) is 5.47. The van der Waals surface area contributed by atoms with Gasteiger partial charge in [0.15, 0.2) is 0 Å². The molecule has 136 valence electrons. The SMILES string of the molecule is Cc1ccc2[nH]cc(-c3c(-c4ccccc4)c4ccccc4n(C)c3=O)c2c1. The fourth-order valence-corrected chi connectivity index (χ4v) is 4.09. The number of pyridine rings is 1. The van der Waals surface area contributed by atoms with Crippen molar-refractivity contribution >= 4 is 21.8 Å². The minimum atomic E-state index is 0.0139. The van der Waals surface area contributed by atoms with Gasteiger partial charge in [-0.15, -0.1) is 0 Å². The Balaban J connectivity index is 2.00. The van der Waals surface area contributed by atoms with Crippen molar-refractivity contribution in [3.63, 3.8) is 0 Å². The summed E-state index contributed by atoms with van der Waals surface area (Å²) >= 11 is 0. The summed E-state index contributed by atoms with van der Waals surface area (Å²) in [6, 6.07) is 24.6. The maximum absolute atomic E-state index is 13.6. The molecule has 0 aliphatic heterocycles. The molecule has 28 heavy (non-hydrogen) atoms. The summed E-state index contributed by atoms with van der Waals surface area (Å²) in [5, 5.41) is 2.15. The van der Waals surface area contributed by atoms with Gasteiger partial charge in [0.2, 0.25) is 0 Å². The minimum Gasteiger partial charge on any atom is -0.361 e. The molecule has 0 radical (unpaired) electrons. The molecular formula is C25H20N2O. The standard InChI is InChI=1S/C25H20N2O/c1-16-12-13-21-19(14-16)20(15-26-21)24-23(17-8-4-3-5-9-17)18-10-6-7-11-22(18)27(2)25(24)28/h3-15,26H,1-2H3. The van der Waals surface area contributed by atoms with E-state index in [1.165, 1.54) is 5.56 Å². The van der Waals surface area contributed by atoms with Crippen LogP contribution in [0.1, 0.15) is 5.56 Å². The van der Waals surface area contributed by atoms with Gasteiger partial charge < -0.3 is 9.55 Å². The van der Waals surface area contributed by atoms with Crippen molar-refractivity contribution < 1.29 is 0 Å². The predicted octanol–water partition coefficient (Wildman–Crippen LogP) is 5.66. The Hall–Kier alpha value is -3.59. The summed E-state index contributed by atoms with van der Waals surface area (Å²) in [6.45, 7) is 2.08. The smallest absolute Gasteiger partial charge is 0.259 e. The number of nitrogens with one attached hydrogen (secondary N) is 1. The summed E-state index contributed by atoms with van der Waals surface area (Å²) in [6.07, 6.45) is 1.96. The monoisotopic (exact) mass is 364 g/mol. The van der Waals surface area contributed by atoms with E-state index in [-0.39, 0.29) is 5.56 Å². The quantitative estimate of drug-likeness (QED) is 0.431.